The van der Waals surface area contributed by atoms with Gasteiger partial charge in [-0.25, -0.2) is 4.39 Å². The maximum absolute atomic E-state index is 15.0. The molecule has 7 heteroatoms. The zero-order valence-electron chi connectivity index (χ0n) is 19.5. The van der Waals surface area contributed by atoms with Crippen molar-refractivity contribution in [1.82, 2.24) is 15.1 Å². The smallest absolute Gasteiger partial charge is 0.254 e. The lowest BCUT2D eigenvalue weighted by molar-refractivity contribution is -0.0140. The lowest BCUT2D eigenvalue weighted by Crippen LogP contribution is -2.49. The molecular weight excluding hydrogens is 421 g/mol. The van der Waals surface area contributed by atoms with Gasteiger partial charge < -0.3 is 15.2 Å². The first-order chi connectivity index (χ1) is 15.7. The number of carbonyl (C=O) groups excluding carboxylic acids is 1. The van der Waals surface area contributed by atoms with Crippen LogP contribution in [0.15, 0.2) is 36.5 Å². The van der Waals surface area contributed by atoms with Crippen molar-refractivity contribution in [3.63, 3.8) is 0 Å². The molecule has 0 saturated carbocycles. The fourth-order valence-corrected chi connectivity index (χ4v) is 4.32. The lowest BCUT2D eigenvalue weighted by atomic mass is 9.93. The molecule has 0 bridgehead atoms. The number of hydrogen-bond acceptors (Lipinski definition) is 4. The Morgan fingerprint density at radius 3 is 2.61 bits per heavy atom. The average Bonchev–Trinajstić information content (AvgIpc) is 3.14. The van der Waals surface area contributed by atoms with Crippen LogP contribution < -0.4 is 5.32 Å². The van der Waals surface area contributed by atoms with E-state index in [-0.39, 0.29) is 12.2 Å². The van der Waals surface area contributed by atoms with Crippen LogP contribution in [0.1, 0.15) is 44.7 Å². The minimum absolute atomic E-state index is 0.00604. The zero-order chi connectivity index (χ0) is 23.7. The van der Waals surface area contributed by atoms with Gasteiger partial charge in [0.05, 0.1) is 30.0 Å². The number of nitrogens with zero attached hydrogens (tertiary/aromatic N) is 2. The Balaban J connectivity index is 1.57. The molecule has 0 radical (unpaired) electrons. The van der Waals surface area contributed by atoms with Crippen molar-refractivity contribution >= 4 is 5.91 Å². The van der Waals surface area contributed by atoms with Gasteiger partial charge in [0.15, 0.2) is 0 Å². The van der Waals surface area contributed by atoms with Crippen molar-refractivity contribution < 1.29 is 19.0 Å². The standard InChI is InChI=1S/C26H30FN3O3/c1-15-16(2)25(27)21(26(32)28-23-14-33-10-9-24(23)31)12-20(15)11-18-5-7-19(8-6-18)22-13-30(4)29-17(22)3/h5-8,12-13,23-24,31H,9-11,14H2,1-4H3,(H,28,32)/t23-,24-/m0/s1. The summed E-state index contributed by atoms with van der Waals surface area (Å²) in [6.07, 6.45) is 2.32. The van der Waals surface area contributed by atoms with E-state index in [1.54, 1.807) is 17.7 Å². The topological polar surface area (TPSA) is 76.4 Å². The summed E-state index contributed by atoms with van der Waals surface area (Å²) in [5, 5.41) is 17.2. The molecule has 0 aliphatic carbocycles. The summed E-state index contributed by atoms with van der Waals surface area (Å²) in [6.45, 7) is 6.22. The summed E-state index contributed by atoms with van der Waals surface area (Å²) in [6, 6.07) is 9.30. The van der Waals surface area contributed by atoms with Crippen molar-refractivity contribution in [3.8, 4) is 11.1 Å². The number of nitrogens with one attached hydrogen (secondary N) is 1. The first-order valence-corrected chi connectivity index (χ1v) is 11.2. The van der Waals surface area contributed by atoms with E-state index in [2.05, 4.69) is 34.7 Å². The van der Waals surface area contributed by atoms with Gasteiger partial charge in [0.25, 0.3) is 5.91 Å². The molecule has 2 aromatic carbocycles. The Morgan fingerprint density at radius 1 is 1.24 bits per heavy atom. The molecule has 2 atom stereocenters. The Morgan fingerprint density at radius 2 is 1.97 bits per heavy atom. The fourth-order valence-electron chi connectivity index (χ4n) is 4.32. The normalized spacial score (nSPS) is 18.4. The fraction of sp³-hybridized carbons (Fsp3) is 0.385. The largest absolute Gasteiger partial charge is 0.391 e. The van der Waals surface area contributed by atoms with Gasteiger partial charge in [-0.3, -0.25) is 9.48 Å². The predicted molar refractivity (Wildman–Crippen MR) is 125 cm³/mol. The molecular formula is C26H30FN3O3. The summed E-state index contributed by atoms with van der Waals surface area (Å²) in [5.41, 5.74) is 6.39. The predicted octanol–water partition coefficient (Wildman–Crippen LogP) is 3.62. The van der Waals surface area contributed by atoms with E-state index in [9.17, 15) is 9.90 Å². The number of aliphatic hydroxyl groups excluding tert-OH is 1. The molecule has 0 spiro atoms. The number of aryl methyl sites for hydroxylation is 2. The summed E-state index contributed by atoms with van der Waals surface area (Å²) >= 11 is 0. The highest BCUT2D eigenvalue weighted by Crippen LogP contribution is 2.26. The van der Waals surface area contributed by atoms with Gasteiger partial charge in [0, 0.05) is 25.4 Å². The van der Waals surface area contributed by atoms with Crippen LogP contribution in [-0.2, 0) is 18.2 Å². The van der Waals surface area contributed by atoms with E-state index in [1.807, 2.05) is 27.1 Å². The highest BCUT2D eigenvalue weighted by molar-refractivity contribution is 5.95. The summed E-state index contributed by atoms with van der Waals surface area (Å²) in [7, 11) is 1.90. The van der Waals surface area contributed by atoms with E-state index in [4.69, 9.17) is 4.74 Å². The molecule has 1 saturated heterocycles. The first-order valence-electron chi connectivity index (χ1n) is 11.2. The Labute approximate surface area is 193 Å². The van der Waals surface area contributed by atoms with Gasteiger partial charge in [0.1, 0.15) is 5.82 Å². The Kier molecular flexibility index (Phi) is 6.63. The van der Waals surface area contributed by atoms with E-state index in [0.717, 1.165) is 33.5 Å². The van der Waals surface area contributed by atoms with Crippen molar-refractivity contribution in [3.05, 3.63) is 75.9 Å². The monoisotopic (exact) mass is 451 g/mol. The number of aromatic nitrogens is 2. The van der Waals surface area contributed by atoms with Crippen LogP contribution in [0.2, 0.25) is 0 Å². The van der Waals surface area contributed by atoms with Gasteiger partial charge in [-0.1, -0.05) is 24.3 Å². The number of benzene rings is 2. The zero-order valence-corrected chi connectivity index (χ0v) is 19.5. The minimum Gasteiger partial charge on any atom is -0.391 e. The summed E-state index contributed by atoms with van der Waals surface area (Å²) in [5.74, 6) is -1.06. The van der Waals surface area contributed by atoms with Gasteiger partial charge in [-0.15, -0.1) is 0 Å². The van der Waals surface area contributed by atoms with Crippen LogP contribution in [0.5, 0.6) is 0 Å². The second-order valence-electron chi connectivity index (χ2n) is 8.83. The van der Waals surface area contributed by atoms with Crippen LogP contribution in [0, 0.1) is 26.6 Å². The van der Waals surface area contributed by atoms with Crippen LogP contribution in [0.25, 0.3) is 11.1 Å². The van der Waals surface area contributed by atoms with Gasteiger partial charge in [-0.2, -0.15) is 5.10 Å². The number of carbonyl (C=O) groups is 1. The maximum Gasteiger partial charge on any atom is 0.254 e. The number of ether oxygens (including phenoxy) is 1. The second-order valence-corrected chi connectivity index (χ2v) is 8.83. The number of rotatable bonds is 5. The highest BCUT2D eigenvalue weighted by Gasteiger charge is 2.27. The molecule has 3 aromatic rings. The van der Waals surface area contributed by atoms with E-state index in [1.165, 1.54) is 0 Å². The molecule has 1 amide bonds. The van der Waals surface area contributed by atoms with E-state index in [0.29, 0.717) is 25.0 Å². The molecule has 33 heavy (non-hydrogen) atoms. The van der Waals surface area contributed by atoms with Crippen LogP contribution >= 0.6 is 0 Å². The molecule has 2 heterocycles. The molecule has 0 unspecified atom stereocenters. The van der Waals surface area contributed by atoms with Crippen LogP contribution in [0.3, 0.4) is 0 Å². The molecule has 4 rings (SSSR count). The number of halogens is 1. The SMILES string of the molecule is Cc1nn(C)cc1-c1ccc(Cc2cc(C(=O)N[C@H]3COCC[C@@H]3O)c(F)c(C)c2C)cc1. The van der Waals surface area contributed by atoms with Crippen molar-refractivity contribution in [2.75, 3.05) is 13.2 Å². The molecule has 1 aliphatic heterocycles. The number of aliphatic hydroxyl groups is 1. The molecule has 1 fully saturated rings. The highest BCUT2D eigenvalue weighted by atomic mass is 19.1. The minimum atomic E-state index is -0.696. The third-order valence-electron chi connectivity index (χ3n) is 6.48. The number of hydrogen-bond donors (Lipinski definition) is 2. The molecule has 2 N–H and O–H groups in total. The van der Waals surface area contributed by atoms with Crippen molar-refractivity contribution in [1.29, 1.82) is 0 Å². The first kappa shape index (κ1) is 23.1. The van der Waals surface area contributed by atoms with Gasteiger partial charge in [0.2, 0.25) is 0 Å². The van der Waals surface area contributed by atoms with Gasteiger partial charge in [-0.05, 0) is 67.5 Å². The van der Waals surface area contributed by atoms with Gasteiger partial charge >= 0.3 is 0 Å². The van der Waals surface area contributed by atoms with E-state index < -0.39 is 23.9 Å². The van der Waals surface area contributed by atoms with Crippen molar-refractivity contribution in [2.24, 2.45) is 7.05 Å². The molecule has 174 valence electrons. The third-order valence-corrected chi connectivity index (χ3v) is 6.48. The Hall–Kier alpha value is -3.03. The summed E-state index contributed by atoms with van der Waals surface area (Å²) < 4.78 is 22.1. The quantitative estimate of drug-likeness (QED) is 0.621. The molecule has 1 aliphatic rings. The average molecular weight is 452 g/mol. The molecule has 6 nitrogen and oxygen atoms in total. The lowest BCUT2D eigenvalue weighted by Gasteiger charge is -2.28. The van der Waals surface area contributed by atoms with Crippen LogP contribution in [0.4, 0.5) is 4.39 Å². The van der Waals surface area contributed by atoms with Crippen LogP contribution in [-0.4, -0.2) is 46.2 Å². The second kappa shape index (κ2) is 9.45. The third kappa shape index (κ3) is 4.84. The maximum atomic E-state index is 15.0. The Bertz CT molecular complexity index is 1170. The summed E-state index contributed by atoms with van der Waals surface area (Å²) in [4.78, 5) is 12.9. The van der Waals surface area contributed by atoms with E-state index >= 15 is 4.39 Å². The van der Waals surface area contributed by atoms with Crippen molar-refractivity contribution in [2.45, 2.75) is 45.8 Å². The number of amides is 1. The molecule has 1 aromatic heterocycles.